The third-order valence-corrected chi connectivity index (χ3v) is 6.54. The van der Waals surface area contributed by atoms with Crippen LogP contribution >= 0.6 is 0 Å². The maximum absolute atomic E-state index is 13.4. The molecule has 0 amide bonds. The number of hydrogen-bond donors (Lipinski definition) is 1. The standard InChI is InChI=1S/C20H21N3O3S/c24-27(25,23-12-5-10-21-11-13-23)19-9-4-6-16-14-22-15-18(20(16)19)26-17-7-2-1-3-8-17/h1-4,6-9,14-15,21H,5,10-13H2. The Labute approximate surface area is 158 Å². The normalized spacial score (nSPS) is 16.1. The van der Waals surface area contributed by atoms with E-state index in [-0.39, 0.29) is 4.90 Å². The molecule has 0 aliphatic carbocycles. The van der Waals surface area contributed by atoms with Gasteiger partial charge in [-0.25, -0.2) is 8.42 Å². The van der Waals surface area contributed by atoms with Gasteiger partial charge in [-0.3, -0.25) is 4.98 Å². The quantitative estimate of drug-likeness (QED) is 0.750. The number of aromatic nitrogens is 1. The average molecular weight is 383 g/mol. The van der Waals surface area contributed by atoms with Crippen molar-refractivity contribution in [2.45, 2.75) is 11.3 Å². The molecule has 1 aromatic heterocycles. The highest BCUT2D eigenvalue weighted by Crippen LogP contribution is 2.35. The number of sulfonamides is 1. The Kier molecular flexibility index (Phi) is 5.07. The largest absolute Gasteiger partial charge is 0.455 e. The number of para-hydroxylation sites is 1. The Morgan fingerprint density at radius 1 is 0.963 bits per heavy atom. The molecular weight excluding hydrogens is 362 g/mol. The minimum absolute atomic E-state index is 0.259. The molecule has 1 saturated heterocycles. The molecule has 0 radical (unpaired) electrons. The van der Waals surface area contributed by atoms with Gasteiger partial charge < -0.3 is 10.1 Å². The van der Waals surface area contributed by atoms with Gasteiger partial charge in [0, 0.05) is 36.6 Å². The SMILES string of the molecule is O=S(=O)(c1cccc2cncc(Oc3ccccc3)c12)N1CCCNCC1. The van der Waals surface area contributed by atoms with E-state index in [1.54, 1.807) is 28.8 Å². The van der Waals surface area contributed by atoms with Gasteiger partial charge in [-0.15, -0.1) is 0 Å². The molecule has 0 bridgehead atoms. The number of nitrogens with one attached hydrogen (secondary N) is 1. The van der Waals surface area contributed by atoms with Crippen molar-refractivity contribution < 1.29 is 13.2 Å². The van der Waals surface area contributed by atoms with Crippen LogP contribution in [0.25, 0.3) is 10.8 Å². The van der Waals surface area contributed by atoms with Crippen LogP contribution in [0.1, 0.15) is 6.42 Å². The second-order valence-corrected chi connectivity index (χ2v) is 8.32. The van der Waals surface area contributed by atoms with Crippen LogP contribution in [0.5, 0.6) is 11.5 Å². The summed E-state index contributed by atoms with van der Waals surface area (Å²) in [5.41, 5.74) is 0. The summed E-state index contributed by atoms with van der Waals surface area (Å²) < 4.78 is 34.3. The number of fused-ring (bicyclic) bond motifs is 1. The number of benzene rings is 2. The van der Waals surface area contributed by atoms with Crippen molar-refractivity contribution in [3.05, 3.63) is 60.9 Å². The third kappa shape index (κ3) is 3.66. The van der Waals surface area contributed by atoms with E-state index < -0.39 is 10.0 Å². The van der Waals surface area contributed by atoms with Crippen LogP contribution in [0.15, 0.2) is 65.8 Å². The summed E-state index contributed by atoms with van der Waals surface area (Å²) in [6.07, 6.45) is 4.02. The zero-order valence-electron chi connectivity index (χ0n) is 14.8. The lowest BCUT2D eigenvalue weighted by Gasteiger charge is -2.21. The van der Waals surface area contributed by atoms with Crippen LogP contribution in [0.3, 0.4) is 0 Å². The van der Waals surface area contributed by atoms with Crippen LogP contribution in [-0.4, -0.2) is 43.9 Å². The highest BCUT2D eigenvalue weighted by molar-refractivity contribution is 7.89. The first-order valence-electron chi connectivity index (χ1n) is 8.97. The lowest BCUT2D eigenvalue weighted by molar-refractivity contribution is 0.432. The molecule has 0 spiro atoms. The molecule has 6 nitrogen and oxygen atoms in total. The average Bonchev–Trinajstić information content (AvgIpc) is 2.99. The van der Waals surface area contributed by atoms with Crippen molar-refractivity contribution in [1.82, 2.24) is 14.6 Å². The molecule has 2 heterocycles. The fraction of sp³-hybridized carbons (Fsp3) is 0.250. The van der Waals surface area contributed by atoms with E-state index in [2.05, 4.69) is 10.3 Å². The Morgan fingerprint density at radius 3 is 2.67 bits per heavy atom. The summed E-state index contributed by atoms with van der Waals surface area (Å²) in [5.74, 6) is 1.07. The molecular formula is C20H21N3O3S. The van der Waals surface area contributed by atoms with Crippen LogP contribution in [0.2, 0.25) is 0 Å². The van der Waals surface area contributed by atoms with Crippen LogP contribution < -0.4 is 10.1 Å². The Bertz CT molecular complexity index is 1030. The molecule has 1 aliphatic rings. The lowest BCUT2D eigenvalue weighted by atomic mass is 10.1. The fourth-order valence-electron chi connectivity index (χ4n) is 3.28. The van der Waals surface area contributed by atoms with Crippen molar-refractivity contribution in [2.24, 2.45) is 0 Å². The van der Waals surface area contributed by atoms with Crippen molar-refractivity contribution in [3.63, 3.8) is 0 Å². The molecule has 140 valence electrons. The first kappa shape index (κ1) is 17.9. The van der Waals surface area contributed by atoms with Crippen molar-refractivity contribution in [3.8, 4) is 11.5 Å². The lowest BCUT2D eigenvalue weighted by Crippen LogP contribution is -2.34. The molecule has 3 aromatic rings. The van der Waals surface area contributed by atoms with Crippen LogP contribution in [-0.2, 0) is 10.0 Å². The van der Waals surface area contributed by atoms with E-state index in [1.165, 1.54) is 0 Å². The number of rotatable bonds is 4. The zero-order chi connectivity index (χ0) is 18.7. The first-order chi connectivity index (χ1) is 13.2. The fourth-order valence-corrected chi connectivity index (χ4v) is 4.98. The van der Waals surface area contributed by atoms with Gasteiger partial charge in [0.2, 0.25) is 10.0 Å². The zero-order valence-corrected chi connectivity index (χ0v) is 15.7. The van der Waals surface area contributed by atoms with E-state index in [9.17, 15) is 8.42 Å². The maximum atomic E-state index is 13.4. The van der Waals surface area contributed by atoms with Crippen molar-refractivity contribution >= 4 is 20.8 Å². The minimum atomic E-state index is -3.64. The summed E-state index contributed by atoms with van der Waals surface area (Å²) in [6.45, 7) is 2.44. The van der Waals surface area contributed by atoms with E-state index in [4.69, 9.17) is 4.74 Å². The Hall–Kier alpha value is -2.48. The molecule has 0 unspecified atom stereocenters. The van der Waals surface area contributed by atoms with Crippen LogP contribution in [0.4, 0.5) is 0 Å². The molecule has 0 atom stereocenters. The highest BCUT2D eigenvalue weighted by Gasteiger charge is 2.28. The number of ether oxygens (including phenoxy) is 1. The van der Waals surface area contributed by atoms with Gasteiger partial charge >= 0.3 is 0 Å². The van der Waals surface area contributed by atoms with Crippen molar-refractivity contribution in [2.75, 3.05) is 26.2 Å². The van der Waals surface area contributed by atoms with Gasteiger partial charge in [0.05, 0.1) is 11.1 Å². The molecule has 27 heavy (non-hydrogen) atoms. The number of hydrogen-bond acceptors (Lipinski definition) is 5. The van der Waals surface area contributed by atoms with Gasteiger partial charge in [-0.2, -0.15) is 4.31 Å². The molecule has 2 aromatic carbocycles. The van der Waals surface area contributed by atoms with Gasteiger partial charge in [-0.1, -0.05) is 30.3 Å². The number of pyridine rings is 1. The Morgan fingerprint density at radius 2 is 1.81 bits per heavy atom. The van der Waals surface area contributed by atoms with Crippen LogP contribution in [0, 0.1) is 0 Å². The smallest absolute Gasteiger partial charge is 0.243 e. The molecule has 4 rings (SSSR count). The monoisotopic (exact) mass is 383 g/mol. The van der Waals surface area contributed by atoms with Gasteiger partial charge in [-0.05, 0) is 31.2 Å². The van der Waals surface area contributed by atoms with E-state index in [0.717, 1.165) is 18.4 Å². The molecule has 1 N–H and O–H groups in total. The summed E-state index contributed by atoms with van der Waals surface area (Å²) in [5, 5.41) is 4.54. The van der Waals surface area contributed by atoms with Crippen molar-refractivity contribution in [1.29, 1.82) is 0 Å². The van der Waals surface area contributed by atoms with Gasteiger partial charge in [0.15, 0.2) is 5.75 Å². The number of nitrogens with zero attached hydrogens (tertiary/aromatic N) is 2. The summed E-state index contributed by atoms with van der Waals surface area (Å²) in [6, 6.07) is 14.5. The summed E-state index contributed by atoms with van der Waals surface area (Å²) in [7, 11) is -3.64. The predicted octanol–water partition coefficient (Wildman–Crippen LogP) is 3.01. The van der Waals surface area contributed by atoms with Gasteiger partial charge in [0.25, 0.3) is 0 Å². The van der Waals surface area contributed by atoms with E-state index in [0.29, 0.717) is 36.5 Å². The topological polar surface area (TPSA) is 71.5 Å². The first-order valence-corrected chi connectivity index (χ1v) is 10.4. The summed E-state index contributed by atoms with van der Waals surface area (Å²) >= 11 is 0. The second-order valence-electron chi connectivity index (χ2n) is 6.41. The molecule has 1 fully saturated rings. The van der Waals surface area contributed by atoms with Gasteiger partial charge in [0.1, 0.15) is 5.75 Å². The second kappa shape index (κ2) is 7.64. The minimum Gasteiger partial charge on any atom is -0.455 e. The maximum Gasteiger partial charge on any atom is 0.243 e. The molecule has 1 aliphatic heterocycles. The van der Waals surface area contributed by atoms with E-state index >= 15 is 0 Å². The van der Waals surface area contributed by atoms with E-state index in [1.807, 2.05) is 36.4 Å². The summed E-state index contributed by atoms with van der Waals surface area (Å²) in [4.78, 5) is 4.48. The molecule has 0 saturated carbocycles. The predicted molar refractivity (Wildman–Crippen MR) is 105 cm³/mol. The Balaban J connectivity index is 1.83. The highest BCUT2D eigenvalue weighted by atomic mass is 32.2. The molecule has 7 heteroatoms. The third-order valence-electron chi connectivity index (χ3n) is 4.60.